The Labute approximate surface area is 155 Å². The monoisotopic (exact) mass is 372 g/mol. The Bertz CT molecular complexity index is 860. The van der Waals surface area contributed by atoms with Crippen molar-refractivity contribution in [3.05, 3.63) is 77.0 Å². The summed E-state index contributed by atoms with van der Waals surface area (Å²) in [5.41, 5.74) is 1.14. The topological polar surface area (TPSA) is 73.6 Å². The average Bonchev–Trinajstić information content (AvgIpc) is 3.15. The largest absolute Gasteiger partial charge is 0.497 e. The van der Waals surface area contributed by atoms with E-state index in [9.17, 15) is 4.79 Å². The number of oxazole rings is 1. The lowest BCUT2D eigenvalue weighted by atomic mass is 10.2. The molecule has 26 heavy (non-hydrogen) atoms. The van der Waals surface area contributed by atoms with Crippen molar-refractivity contribution in [3.63, 3.8) is 0 Å². The molecule has 7 heteroatoms. The van der Waals surface area contributed by atoms with E-state index in [0.717, 1.165) is 11.3 Å². The molecule has 0 saturated carbocycles. The molecular formula is C19H17ClN2O4. The molecule has 0 spiro atoms. The third-order valence-electron chi connectivity index (χ3n) is 3.57. The zero-order chi connectivity index (χ0) is 18.4. The Hall–Kier alpha value is -2.99. The first-order valence-electron chi connectivity index (χ1n) is 7.88. The second-order valence-corrected chi connectivity index (χ2v) is 5.84. The Morgan fingerprint density at radius 3 is 2.50 bits per heavy atom. The van der Waals surface area contributed by atoms with Gasteiger partial charge in [-0.1, -0.05) is 23.7 Å². The second-order valence-electron chi connectivity index (χ2n) is 5.40. The molecule has 1 N–H and O–H groups in total. The number of hydrogen-bond donors (Lipinski definition) is 1. The predicted octanol–water partition coefficient (Wildman–Crippen LogP) is 3.85. The quantitative estimate of drug-likeness (QED) is 0.682. The minimum atomic E-state index is -0.320. The summed E-state index contributed by atoms with van der Waals surface area (Å²) in [5.74, 6) is 1.39. The van der Waals surface area contributed by atoms with E-state index in [2.05, 4.69) is 10.3 Å². The fourth-order valence-corrected chi connectivity index (χ4v) is 2.30. The minimum absolute atomic E-state index is 0.122. The number of halogens is 1. The molecule has 3 rings (SSSR count). The Kier molecular flexibility index (Phi) is 5.76. The van der Waals surface area contributed by atoms with Crippen LogP contribution in [0.15, 0.2) is 59.2 Å². The fourth-order valence-electron chi connectivity index (χ4n) is 2.17. The van der Waals surface area contributed by atoms with Gasteiger partial charge in [-0.05, 0) is 42.0 Å². The normalized spacial score (nSPS) is 10.4. The first-order chi connectivity index (χ1) is 12.6. The Morgan fingerprint density at radius 1 is 1.12 bits per heavy atom. The molecule has 0 saturated heterocycles. The molecule has 134 valence electrons. The maximum absolute atomic E-state index is 12.1. The van der Waals surface area contributed by atoms with Gasteiger partial charge in [0, 0.05) is 11.6 Å². The number of methoxy groups -OCH3 is 1. The van der Waals surface area contributed by atoms with Crippen LogP contribution in [0.5, 0.6) is 11.5 Å². The van der Waals surface area contributed by atoms with Gasteiger partial charge in [0.05, 0.1) is 7.11 Å². The van der Waals surface area contributed by atoms with Crippen LogP contribution in [-0.4, -0.2) is 18.0 Å². The molecule has 2 aromatic carbocycles. The van der Waals surface area contributed by atoms with Gasteiger partial charge in [-0.25, -0.2) is 4.98 Å². The summed E-state index contributed by atoms with van der Waals surface area (Å²) in [6, 6.07) is 14.4. The van der Waals surface area contributed by atoms with Crippen LogP contribution in [0.1, 0.15) is 21.9 Å². The number of aromatic nitrogens is 1. The first kappa shape index (κ1) is 17.8. The summed E-state index contributed by atoms with van der Waals surface area (Å²) in [6.45, 7) is 0.497. The van der Waals surface area contributed by atoms with Gasteiger partial charge in [-0.15, -0.1) is 0 Å². The second kappa shape index (κ2) is 8.40. The number of rotatable bonds is 7. The highest BCUT2D eigenvalue weighted by Crippen LogP contribution is 2.18. The number of ether oxygens (including phenoxy) is 2. The summed E-state index contributed by atoms with van der Waals surface area (Å²) in [7, 11) is 1.60. The van der Waals surface area contributed by atoms with Gasteiger partial charge in [0.2, 0.25) is 5.89 Å². The fraction of sp³-hybridized carbons (Fsp3) is 0.158. The van der Waals surface area contributed by atoms with Crippen LogP contribution in [0.3, 0.4) is 0 Å². The molecule has 0 bridgehead atoms. The third kappa shape index (κ3) is 4.77. The zero-order valence-corrected chi connectivity index (χ0v) is 14.8. The van der Waals surface area contributed by atoms with Gasteiger partial charge in [0.1, 0.15) is 17.8 Å². The summed E-state index contributed by atoms with van der Waals surface area (Å²) in [5, 5.41) is 3.43. The van der Waals surface area contributed by atoms with Crippen LogP contribution < -0.4 is 14.8 Å². The van der Waals surface area contributed by atoms with Crippen LogP contribution in [0.4, 0.5) is 0 Å². The molecular weight excluding hydrogens is 356 g/mol. The van der Waals surface area contributed by atoms with Crippen LogP contribution in [0.25, 0.3) is 0 Å². The van der Waals surface area contributed by atoms with Gasteiger partial charge >= 0.3 is 0 Å². The van der Waals surface area contributed by atoms with Crippen molar-refractivity contribution in [3.8, 4) is 11.5 Å². The smallest absolute Gasteiger partial charge is 0.273 e. The van der Waals surface area contributed by atoms with Crippen LogP contribution in [-0.2, 0) is 13.2 Å². The number of amides is 1. The van der Waals surface area contributed by atoms with Gasteiger partial charge in [-0.2, -0.15) is 0 Å². The maximum atomic E-state index is 12.1. The number of nitrogens with one attached hydrogen (secondary N) is 1. The SMILES string of the molecule is COc1ccc(OCc2nc(C(=O)NCc3ccc(Cl)cc3)co2)cc1. The summed E-state index contributed by atoms with van der Waals surface area (Å²) in [6.07, 6.45) is 1.31. The van der Waals surface area contributed by atoms with Crippen molar-refractivity contribution in [2.24, 2.45) is 0 Å². The number of benzene rings is 2. The number of carbonyl (C=O) groups is 1. The predicted molar refractivity (Wildman–Crippen MR) is 96.5 cm³/mol. The van der Waals surface area contributed by atoms with E-state index < -0.39 is 0 Å². The van der Waals surface area contributed by atoms with Crippen molar-refractivity contribution in [2.45, 2.75) is 13.2 Å². The van der Waals surface area contributed by atoms with E-state index in [4.69, 9.17) is 25.5 Å². The van der Waals surface area contributed by atoms with Gasteiger partial charge < -0.3 is 19.2 Å². The lowest BCUT2D eigenvalue weighted by Gasteiger charge is -2.04. The molecule has 0 aliphatic heterocycles. The molecule has 3 aromatic rings. The standard InChI is InChI=1S/C19H17ClN2O4/c1-24-15-6-8-16(9-7-15)25-12-18-22-17(11-26-18)19(23)21-10-13-2-4-14(20)5-3-13/h2-9,11H,10,12H2,1H3,(H,21,23). The molecule has 1 heterocycles. The van der Waals surface area contributed by atoms with E-state index in [0.29, 0.717) is 23.2 Å². The molecule has 1 aromatic heterocycles. The van der Waals surface area contributed by atoms with Gasteiger partial charge in [0.15, 0.2) is 12.3 Å². The molecule has 6 nitrogen and oxygen atoms in total. The first-order valence-corrected chi connectivity index (χ1v) is 8.26. The number of nitrogens with zero attached hydrogens (tertiary/aromatic N) is 1. The van der Waals surface area contributed by atoms with E-state index in [-0.39, 0.29) is 18.2 Å². The highest BCUT2D eigenvalue weighted by atomic mass is 35.5. The van der Waals surface area contributed by atoms with Crippen LogP contribution in [0.2, 0.25) is 5.02 Å². The number of hydrogen-bond acceptors (Lipinski definition) is 5. The molecule has 0 radical (unpaired) electrons. The molecule has 0 aliphatic carbocycles. The van der Waals surface area contributed by atoms with Gasteiger partial charge in [-0.3, -0.25) is 4.79 Å². The summed E-state index contributed by atoms with van der Waals surface area (Å²) < 4.78 is 15.9. The van der Waals surface area contributed by atoms with Crippen LogP contribution in [0, 0.1) is 0 Å². The van der Waals surface area contributed by atoms with Crippen molar-refractivity contribution >= 4 is 17.5 Å². The van der Waals surface area contributed by atoms with Crippen molar-refractivity contribution < 1.29 is 18.7 Å². The minimum Gasteiger partial charge on any atom is -0.497 e. The third-order valence-corrected chi connectivity index (χ3v) is 3.82. The van der Waals surface area contributed by atoms with Crippen LogP contribution >= 0.6 is 11.6 Å². The number of carbonyl (C=O) groups excluding carboxylic acids is 1. The molecule has 0 fully saturated rings. The summed E-state index contributed by atoms with van der Waals surface area (Å²) >= 11 is 5.83. The summed E-state index contributed by atoms with van der Waals surface area (Å²) in [4.78, 5) is 16.3. The van der Waals surface area contributed by atoms with Gasteiger partial charge in [0.25, 0.3) is 5.91 Å². The Balaban J connectivity index is 1.51. The van der Waals surface area contributed by atoms with E-state index >= 15 is 0 Å². The van der Waals surface area contributed by atoms with Crippen molar-refractivity contribution in [1.82, 2.24) is 10.3 Å². The average molecular weight is 373 g/mol. The lowest BCUT2D eigenvalue weighted by Crippen LogP contribution is -2.23. The lowest BCUT2D eigenvalue weighted by molar-refractivity contribution is 0.0946. The van der Waals surface area contributed by atoms with E-state index in [1.807, 2.05) is 12.1 Å². The van der Waals surface area contributed by atoms with Crippen molar-refractivity contribution in [2.75, 3.05) is 7.11 Å². The van der Waals surface area contributed by atoms with Crippen molar-refractivity contribution in [1.29, 1.82) is 0 Å². The molecule has 0 aliphatic rings. The molecule has 0 unspecified atom stereocenters. The molecule has 0 atom stereocenters. The van der Waals surface area contributed by atoms with E-state index in [1.165, 1.54) is 6.26 Å². The van der Waals surface area contributed by atoms with E-state index in [1.54, 1.807) is 43.5 Å². The highest BCUT2D eigenvalue weighted by molar-refractivity contribution is 6.30. The highest BCUT2D eigenvalue weighted by Gasteiger charge is 2.12. The zero-order valence-electron chi connectivity index (χ0n) is 14.1. The molecule has 1 amide bonds. The maximum Gasteiger partial charge on any atom is 0.273 e. The Morgan fingerprint density at radius 2 is 1.81 bits per heavy atom.